The van der Waals surface area contributed by atoms with Crippen LogP contribution in [-0.4, -0.2) is 35.8 Å². The van der Waals surface area contributed by atoms with Crippen LogP contribution in [0.15, 0.2) is 0 Å². The van der Waals surface area contributed by atoms with Gasteiger partial charge in [-0.3, -0.25) is 0 Å². The highest BCUT2D eigenvalue weighted by Crippen LogP contribution is 2.00. The molecule has 0 saturated carbocycles. The molecule has 0 fully saturated rings. The molecule has 1 atom stereocenters. The molecule has 4 heteroatoms. The molecule has 0 radical (unpaired) electrons. The average Bonchev–Trinajstić information content (AvgIpc) is 2.17. The molecule has 76 valence electrons. The van der Waals surface area contributed by atoms with Gasteiger partial charge in [0.2, 0.25) is 0 Å². The van der Waals surface area contributed by atoms with Crippen molar-refractivity contribution in [3.8, 4) is 6.07 Å². The van der Waals surface area contributed by atoms with Crippen LogP contribution in [0, 0.1) is 11.3 Å². The lowest BCUT2D eigenvalue weighted by atomic mass is 10.2. The van der Waals surface area contributed by atoms with E-state index in [1.165, 1.54) is 0 Å². The van der Waals surface area contributed by atoms with E-state index in [-0.39, 0.29) is 12.6 Å². The van der Waals surface area contributed by atoms with Crippen LogP contribution in [0.3, 0.4) is 0 Å². The van der Waals surface area contributed by atoms with Gasteiger partial charge in [0.15, 0.2) is 0 Å². The molecule has 0 aliphatic rings. The molecule has 0 amide bonds. The number of nitriles is 1. The molecule has 13 heavy (non-hydrogen) atoms. The smallest absolute Gasteiger partial charge is 0.0950 e. The summed E-state index contributed by atoms with van der Waals surface area (Å²) in [5.74, 6) is 2.01. The molecule has 0 bridgehead atoms. The third kappa shape index (κ3) is 8.10. The molecular weight excluding hydrogens is 184 g/mol. The summed E-state index contributed by atoms with van der Waals surface area (Å²) in [7, 11) is 0. The summed E-state index contributed by atoms with van der Waals surface area (Å²) in [6.07, 6.45) is 1.72. The summed E-state index contributed by atoms with van der Waals surface area (Å²) < 4.78 is 0. The topological polar surface area (TPSA) is 56.0 Å². The molecule has 0 aromatic rings. The molecule has 0 aliphatic carbocycles. The average molecular weight is 202 g/mol. The third-order valence-electron chi connectivity index (χ3n) is 1.65. The fourth-order valence-corrected chi connectivity index (χ4v) is 1.65. The van der Waals surface area contributed by atoms with Crippen LogP contribution in [0.25, 0.3) is 0 Å². The standard InChI is InChI=1S/C9H18N2OS/c1-2-9(8-10)11-4-7-13-6-3-5-12/h9,11-12H,2-7H2,1H3. The second-order valence-electron chi connectivity index (χ2n) is 2.73. The van der Waals surface area contributed by atoms with Gasteiger partial charge in [0.25, 0.3) is 0 Å². The van der Waals surface area contributed by atoms with E-state index < -0.39 is 0 Å². The van der Waals surface area contributed by atoms with Gasteiger partial charge in [0.1, 0.15) is 0 Å². The lowest BCUT2D eigenvalue weighted by Gasteiger charge is -2.07. The van der Waals surface area contributed by atoms with Gasteiger partial charge in [-0.25, -0.2) is 0 Å². The molecule has 1 unspecified atom stereocenters. The first-order valence-electron chi connectivity index (χ1n) is 4.66. The van der Waals surface area contributed by atoms with E-state index in [0.29, 0.717) is 0 Å². The minimum atomic E-state index is -0.00144. The van der Waals surface area contributed by atoms with Gasteiger partial charge >= 0.3 is 0 Å². The van der Waals surface area contributed by atoms with Crippen LogP contribution in [0.2, 0.25) is 0 Å². The number of hydrogen-bond donors (Lipinski definition) is 2. The molecule has 0 spiro atoms. The fourth-order valence-electron chi connectivity index (χ4n) is 0.855. The predicted octanol–water partition coefficient (Wildman–Crippen LogP) is 0.994. The number of aliphatic hydroxyl groups excluding tert-OH is 1. The largest absolute Gasteiger partial charge is 0.396 e. The lowest BCUT2D eigenvalue weighted by Crippen LogP contribution is -2.28. The van der Waals surface area contributed by atoms with Crippen molar-refractivity contribution in [1.82, 2.24) is 5.32 Å². The summed E-state index contributed by atoms with van der Waals surface area (Å²) in [5, 5.41) is 20.3. The quantitative estimate of drug-likeness (QED) is 0.576. The summed E-state index contributed by atoms with van der Waals surface area (Å²) in [4.78, 5) is 0. The maximum atomic E-state index is 8.61. The summed E-state index contributed by atoms with van der Waals surface area (Å²) in [6.45, 7) is 3.15. The van der Waals surface area contributed by atoms with Crippen molar-refractivity contribution in [2.45, 2.75) is 25.8 Å². The first kappa shape index (κ1) is 12.8. The lowest BCUT2D eigenvalue weighted by molar-refractivity contribution is 0.296. The van der Waals surface area contributed by atoms with E-state index in [1.807, 2.05) is 18.7 Å². The molecule has 0 aromatic carbocycles. The Kier molecular flexibility index (Phi) is 9.66. The van der Waals surface area contributed by atoms with Crippen LogP contribution in [0.4, 0.5) is 0 Å². The Morgan fingerprint density at radius 3 is 2.85 bits per heavy atom. The molecule has 0 saturated heterocycles. The first-order valence-corrected chi connectivity index (χ1v) is 5.82. The van der Waals surface area contributed by atoms with E-state index >= 15 is 0 Å². The Balaban J connectivity index is 3.11. The number of rotatable bonds is 8. The fraction of sp³-hybridized carbons (Fsp3) is 0.889. The Hall–Kier alpha value is -0.240. The first-order chi connectivity index (χ1) is 6.35. The maximum absolute atomic E-state index is 8.61. The van der Waals surface area contributed by atoms with Gasteiger partial charge in [-0.05, 0) is 18.6 Å². The van der Waals surface area contributed by atoms with Gasteiger partial charge in [0.05, 0.1) is 12.1 Å². The maximum Gasteiger partial charge on any atom is 0.0950 e. The molecule has 3 nitrogen and oxygen atoms in total. The van der Waals surface area contributed by atoms with Gasteiger partial charge in [-0.15, -0.1) is 0 Å². The number of thioether (sulfide) groups is 1. The van der Waals surface area contributed by atoms with Crippen molar-refractivity contribution in [1.29, 1.82) is 5.26 Å². The summed E-state index contributed by atoms with van der Waals surface area (Å²) in [6, 6.07) is 2.19. The molecule has 0 rings (SSSR count). The van der Waals surface area contributed by atoms with Crippen molar-refractivity contribution < 1.29 is 5.11 Å². The van der Waals surface area contributed by atoms with E-state index in [4.69, 9.17) is 10.4 Å². The Bertz CT molecular complexity index is 147. The van der Waals surface area contributed by atoms with Gasteiger partial charge in [-0.2, -0.15) is 17.0 Å². The van der Waals surface area contributed by atoms with Crippen LogP contribution in [0.5, 0.6) is 0 Å². The van der Waals surface area contributed by atoms with Crippen LogP contribution in [-0.2, 0) is 0 Å². The third-order valence-corrected chi connectivity index (χ3v) is 2.72. The number of hydrogen-bond acceptors (Lipinski definition) is 4. The van der Waals surface area contributed by atoms with E-state index in [1.54, 1.807) is 0 Å². The minimum absolute atomic E-state index is 0.00144. The molecule has 0 aromatic heterocycles. The zero-order valence-electron chi connectivity index (χ0n) is 8.12. The highest BCUT2D eigenvalue weighted by atomic mass is 32.2. The van der Waals surface area contributed by atoms with Gasteiger partial charge in [-0.1, -0.05) is 6.92 Å². The van der Waals surface area contributed by atoms with Crippen LogP contribution >= 0.6 is 11.8 Å². The van der Waals surface area contributed by atoms with Gasteiger partial charge < -0.3 is 10.4 Å². The van der Waals surface area contributed by atoms with Crippen LogP contribution < -0.4 is 5.32 Å². The number of nitrogens with one attached hydrogen (secondary N) is 1. The Morgan fingerprint density at radius 1 is 1.54 bits per heavy atom. The van der Waals surface area contributed by atoms with Crippen molar-refractivity contribution >= 4 is 11.8 Å². The highest BCUT2D eigenvalue weighted by molar-refractivity contribution is 7.99. The Labute approximate surface area is 84.5 Å². The van der Waals surface area contributed by atoms with Crippen molar-refractivity contribution in [2.24, 2.45) is 0 Å². The monoisotopic (exact) mass is 202 g/mol. The molecule has 2 N–H and O–H groups in total. The minimum Gasteiger partial charge on any atom is -0.396 e. The second kappa shape index (κ2) is 9.85. The van der Waals surface area contributed by atoms with Crippen molar-refractivity contribution in [3.05, 3.63) is 0 Å². The Morgan fingerprint density at radius 2 is 2.31 bits per heavy atom. The zero-order valence-corrected chi connectivity index (χ0v) is 8.94. The zero-order chi connectivity index (χ0) is 9.94. The molecule has 0 heterocycles. The van der Waals surface area contributed by atoms with Crippen molar-refractivity contribution in [2.75, 3.05) is 24.7 Å². The summed E-state index contributed by atoms with van der Waals surface area (Å²) >= 11 is 1.81. The van der Waals surface area contributed by atoms with E-state index in [2.05, 4.69) is 11.4 Å². The molecule has 0 aliphatic heterocycles. The normalized spacial score (nSPS) is 12.4. The number of nitrogens with zero attached hydrogens (tertiary/aromatic N) is 1. The van der Waals surface area contributed by atoms with Crippen molar-refractivity contribution in [3.63, 3.8) is 0 Å². The number of aliphatic hydroxyl groups is 1. The SMILES string of the molecule is CCC(C#N)NCCSCCCO. The predicted molar refractivity (Wildman–Crippen MR) is 56.7 cm³/mol. The van der Waals surface area contributed by atoms with E-state index in [0.717, 1.165) is 30.9 Å². The summed E-state index contributed by atoms with van der Waals surface area (Å²) in [5.41, 5.74) is 0. The second-order valence-corrected chi connectivity index (χ2v) is 3.96. The molecular formula is C9H18N2OS. The van der Waals surface area contributed by atoms with Gasteiger partial charge in [0, 0.05) is 18.9 Å². The van der Waals surface area contributed by atoms with Crippen LogP contribution in [0.1, 0.15) is 19.8 Å². The highest BCUT2D eigenvalue weighted by Gasteiger charge is 2.00. The van der Waals surface area contributed by atoms with E-state index in [9.17, 15) is 0 Å².